The summed E-state index contributed by atoms with van der Waals surface area (Å²) >= 11 is 0. The Morgan fingerprint density at radius 1 is 1.17 bits per heavy atom. The average molecular weight is 309 g/mol. The van der Waals surface area contributed by atoms with E-state index in [1.807, 2.05) is 24.3 Å². The zero-order valence-corrected chi connectivity index (χ0v) is 12.2. The van der Waals surface area contributed by atoms with Crippen LogP contribution in [0.1, 0.15) is 12.0 Å². The summed E-state index contributed by atoms with van der Waals surface area (Å²) in [6.07, 6.45) is 8.86. The van der Waals surface area contributed by atoms with E-state index in [1.165, 1.54) is 12.2 Å². The molecule has 3 N–H and O–H groups in total. The molecule has 1 unspecified atom stereocenters. The number of carbonyl (C=O) groups excluding carboxylic acids is 1. The van der Waals surface area contributed by atoms with Crippen LogP contribution in [0.15, 0.2) is 60.8 Å². The molecule has 0 bridgehead atoms. The molecule has 0 amide bonds. The van der Waals surface area contributed by atoms with E-state index in [4.69, 9.17) is 0 Å². The van der Waals surface area contributed by atoms with Gasteiger partial charge in [0.2, 0.25) is 0 Å². The van der Waals surface area contributed by atoms with Crippen LogP contribution in [0.5, 0.6) is 0 Å². The Morgan fingerprint density at radius 3 is 2.65 bits per heavy atom. The molecule has 116 valence electrons. The molecular weight excluding hydrogens is 294 g/mol. The normalized spacial score (nSPS) is 20.8. The van der Waals surface area contributed by atoms with Crippen molar-refractivity contribution >= 4 is 28.4 Å². The molecule has 1 aromatic heterocycles. The highest BCUT2D eigenvalue weighted by Crippen LogP contribution is 2.32. The Labute approximate surface area is 132 Å². The number of carbonyl (C=O) groups is 2. The first kappa shape index (κ1) is 14.8. The maximum Gasteiger partial charge on any atom is 0.321 e. The van der Waals surface area contributed by atoms with Crippen molar-refractivity contribution in [1.29, 1.82) is 0 Å². The first-order valence-electron chi connectivity index (χ1n) is 7.14. The van der Waals surface area contributed by atoms with Gasteiger partial charge in [-0.05, 0) is 12.5 Å². The van der Waals surface area contributed by atoms with E-state index >= 15 is 0 Å². The third kappa shape index (κ3) is 2.46. The second-order valence-corrected chi connectivity index (χ2v) is 5.41. The van der Waals surface area contributed by atoms with E-state index in [-0.39, 0.29) is 12.2 Å². The second-order valence-electron chi connectivity index (χ2n) is 5.41. The van der Waals surface area contributed by atoms with Crippen LogP contribution < -0.4 is 0 Å². The van der Waals surface area contributed by atoms with Crippen molar-refractivity contribution in [3.63, 3.8) is 0 Å². The Kier molecular flexibility index (Phi) is 3.62. The molecule has 23 heavy (non-hydrogen) atoms. The number of carboxylic acid groups (broad SMARTS) is 1. The van der Waals surface area contributed by atoms with Crippen LogP contribution in [-0.2, 0) is 9.59 Å². The lowest BCUT2D eigenvalue weighted by Crippen LogP contribution is -2.37. The Morgan fingerprint density at radius 2 is 1.96 bits per heavy atom. The summed E-state index contributed by atoms with van der Waals surface area (Å²) < 4.78 is 0. The number of rotatable bonds is 4. The number of aromatic nitrogens is 1. The van der Waals surface area contributed by atoms with Crippen molar-refractivity contribution in [2.75, 3.05) is 0 Å². The Hall–Kier alpha value is -3.08. The number of allylic oxidation sites excluding steroid dienone is 4. The third-order valence-electron chi connectivity index (χ3n) is 4.02. The average Bonchev–Trinajstić information content (AvgIpc) is 2.99. The molecule has 0 saturated heterocycles. The number of fused-ring (bicyclic) bond motifs is 1. The van der Waals surface area contributed by atoms with E-state index in [2.05, 4.69) is 4.98 Å². The molecule has 5 nitrogen and oxygen atoms in total. The molecule has 0 spiro atoms. The molecule has 0 aliphatic heterocycles. The highest BCUT2D eigenvalue weighted by atomic mass is 16.4. The van der Waals surface area contributed by atoms with Crippen LogP contribution in [0.25, 0.3) is 16.7 Å². The van der Waals surface area contributed by atoms with E-state index in [0.29, 0.717) is 5.56 Å². The molecule has 1 aliphatic carbocycles. The molecule has 1 heterocycles. The number of aromatic amines is 1. The van der Waals surface area contributed by atoms with Gasteiger partial charge >= 0.3 is 5.97 Å². The molecule has 1 atom stereocenters. The number of ketones is 1. The molecule has 0 radical (unpaired) electrons. The van der Waals surface area contributed by atoms with Gasteiger partial charge in [-0.15, -0.1) is 0 Å². The smallest absolute Gasteiger partial charge is 0.321 e. The fraction of sp³-hybridized carbons (Fsp3) is 0.111. The van der Waals surface area contributed by atoms with Crippen molar-refractivity contribution in [3.8, 4) is 0 Å². The quantitative estimate of drug-likeness (QED) is 0.459. The van der Waals surface area contributed by atoms with Crippen molar-refractivity contribution in [3.05, 3.63) is 66.4 Å². The fourth-order valence-corrected chi connectivity index (χ4v) is 2.68. The number of aliphatic hydroxyl groups excluding tert-OH is 1. The summed E-state index contributed by atoms with van der Waals surface area (Å²) in [4.78, 5) is 27.1. The number of hydrogen-bond donors (Lipinski definition) is 3. The molecule has 2 aromatic rings. The van der Waals surface area contributed by atoms with Crippen LogP contribution in [0.4, 0.5) is 0 Å². The number of carboxylic acids is 1. The number of para-hydroxylation sites is 1. The fourth-order valence-electron chi connectivity index (χ4n) is 2.68. The van der Waals surface area contributed by atoms with Gasteiger partial charge < -0.3 is 15.2 Å². The van der Waals surface area contributed by atoms with Crippen molar-refractivity contribution in [2.45, 2.75) is 6.42 Å². The molecular formula is C18H15NO4. The topological polar surface area (TPSA) is 90.4 Å². The SMILES string of the molecule is O=C(O)C1(C(=O)C=C(O)c2c[nH]c3ccccc23)C=CC=CC1. The lowest BCUT2D eigenvalue weighted by atomic mass is 9.77. The van der Waals surface area contributed by atoms with Gasteiger partial charge in [-0.1, -0.05) is 42.5 Å². The van der Waals surface area contributed by atoms with Crippen molar-refractivity contribution < 1.29 is 19.8 Å². The standard InChI is InChI=1S/C18H15NO4/c20-15(13-11-19-14-7-3-2-6-12(13)14)10-16(21)18(17(22)23)8-4-1-5-9-18/h1-8,10-11,19-20H,9H2,(H,22,23). The van der Waals surface area contributed by atoms with E-state index in [1.54, 1.807) is 18.3 Å². The zero-order valence-electron chi connectivity index (χ0n) is 12.2. The maximum absolute atomic E-state index is 12.5. The van der Waals surface area contributed by atoms with E-state index in [9.17, 15) is 19.8 Å². The Balaban J connectivity index is 2.00. The summed E-state index contributed by atoms with van der Waals surface area (Å²) in [6.45, 7) is 0. The summed E-state index contributed by atoms with van der Waals surface area (Å²) in [7, 11) is 0. The number of aliphatic carboxylic acids is 1. The summed E-state index contributed by atoms with van der Waals surface area (Å²) in [5, 5.41) is 20.5. The molecule has 3 rings (SSSR count). The molecule has 0 fully saturated rings. The van der Waals surface area contributed by atoms with Gasteiger partial charge in [0, 0.05) is 28.7 Å². The van der Waals surface area contributed by atoms with Crippen molar-refractivity contribution in [2.24, 2.45) is 5.41 Å². The number of H-pyrrole nitrogens is 1. The minimum Gasteiger partial charge on any atom is -0.507 e. The van der Waals surface area contributed by atoms with Gasteiger partial charge in [0.1, 0.15) is 5.76 Å². The minimum absolute atomic E-state index is 0.0648. The van der Waals surface area contributed by atoms with Gasteiger partial charge in [-0.25, -0.2) is 0 Å². The number of hydrogen-bond acceptors (Lipinski definition) is 3. The summed E-state index contributed by atoms with van der Waals surface area (Å²) in [6, 6.07) is 7.34. The first-order valence-corrected chi connectivity index (χ1v) is 7.14. The van der Waals surface area contributed by atoms with Crippen LogP contribution >= 0.6 is 0 Å². The zero-order chi connectivity index (χ0) is 16.4. The van der Waals surface area contributed by atoms with Gasteiger partial charge in [0.15, 0.2) is 11.2 Å². The maximum atomic E-state index is 12.5. The number of nitrogens with one attached hydrogen (secondary N) is 1. The van der Waals surface area contributed by atoms with Crippen LogP contribution in [0, 0.1) is 5.41 Å². The largest absolute Gasteiger partial charge is 0.507 e. The summed E-state index contributed by atoms with van der Waals surface area (Å²) in [5.74, 6) is -2.14. The lowest BCUT2D eigenvalue weighted by molar-refractivity contribution is -0.149. The Bertz CT molecular complexity index is 872. The molecule has 5 heteroatoms. The predicted molar refractivity (Wildman–Crippen MR) is 86.9 cm³/mol. The predicted octanol–water partition coefficient (Wildman–Crippen LogP) is 3.22. The molecule has 1 aromatic carbocycles. The first-order chi connectivity index (χ1) is 11.0. The second kappa shape index (κ2) is 5.61. The third-order valence-corrected chi connectivity index (χ3v) is 4.02. The van der Waals surface area contributed by atoms with Crippen LogP contribution in [0.3, 0.4) is 0 Å². The number of aliphatic hydroxyl groups is 1. The highest BCUT2D eigenvalue weighted by Gasteiger charge is 2.42. The lowest BCUT2D eigenvalue weighted by Gasteiger charge is -2.23. The van der Waals surface area contributed by atoms with Crippen LogP contribution in [0.2, 0.25) is 0 Å². The van der Waals surface area contributed by atoms with Gasteiger partial charge in [-0.3, -0.25) is 9.59 Å². The molecule has 1 aliphatic rings. The minimum atomic E-state index is -1.66. The van der Waals surface area contributed by atoms with E-state index < -0.39 is 17.2 Å². The highest BCUT2D eigenvalue weighted by molar-refractivity contribution is 6.13. The van der Waals surface area contributed by atoms with Gasteiger partial charge in [0.25, 0.3) is 0 Å². The van der Waals surface area contributed by atoms with Gasteiger partial charge in [0.05, 0.1) is 0 Å². The monoisotopic (exact) mass is 309 g/mol. The van der Waals surface area contributed by atoms with Gasteiger partial charge in [-0.2, -0.15) is 0 Å². The van der Waals surface area contributed by atoms with Crippen LogP contribution in [-0.4, -0.2) is 26.9 Å². The van der Waals surface area contributed by atoms with Crippen molar-refractivity contribution in [1.82, 2.24) is 4.98 Å². The number of benzene rings is 1. The van der Waals surface area contributed by atoms with E-state index in [0.717, 1.165) is 17.0 Å². The molecule has 0 saturated carbocycles. The summed E-state index contributed by atoms with van der Waals surface area (Å²) in [5.41, 5.74) is -0.373.